The number of methoxy groups -OCH3 is 2. The molecule has 2 aromatic rings. The summed E-state index contributed by atoms with van der Waals surface area (Å²) in [5.74, 6) is 2.56. The fourth-order valence-electron chi connectivity index (χ4n) is 2.87. The van der Waals surface area contributed by atoms with E-state index in [1.54, 1.807) is 20.3 Å². The summed E-state index contributed by atoms with van der Waals surface area (Å²) in [6.07, 6.45) is 0. The molecule has 0 saturated heterocycles. The molecule has 5 nitrogen and oxygen atoms in total. The zero-order valence-electron chi connectivity index (χ0n) is 14.8. The Kier molecular flexibility index (Phi) is 4.83. The molecule has 131 valence electrons. The highest BCUT2D eigenvalue weighted by molar-refractivity contribution is 5.96. The van der Waals surface area contributed by atoms with Crippen LogP contribution in [0.3, 0.4) is 0 Å². The van der Waals surface area contributed by atoms with E-state index in [0.717, 1.165) is 22.6 Å². The zero-order chi connectivity index (χ0) is 18.0. The molecule has 0 aliphatic carbocycles. The van der Waals surface area contributed by atoms with E-state index >= 15 is 0 Å². The van der Waals surface area contributed by atoms with Gasteiger partial charge in [0.25, 0.3) is 0 Å². The predicted octanol–water partition coefficient (Wildman–Crippen LogP) is 4.03. The van der Waals surface area contributed by atoms with E-state index in [1.165, 1.54) is 0 Å². The zero-order valence-corrected chi connectivity index (χ0v) is 14.8. The number of ether oxygens (including phenoxy) is 4. The van der Waals surface area contributed by atoms with Crippen LogP contribution in [-0.4, -0.2) is 26.8 Å². The molecule has 1 aliphatic rings. The Hall–Kier alpha value is -2.69. The standard InChI is InChI=1S/C20H21O5/c1-12(2)10-24-18-14(8-9-17(22-3)19(18)23-4)13-6-5-7-15-16(13)11-25-20(15)21/h5-9H,10-11H2,1-4H3. The number of hydrogen-bond donors (Lipinski definition) is 0. The van der Waals surface area contributed by atoms with Gasteiger partial charge in [0, 0.05) is 17.0 Å². The average Bonchev–Trinajstić information content (AvgIpc) is 3.00. The van der Waals surface area contributed by atoms with Gasteiger partial charge in [0.1, 0.15) is 6.61 Å². The van der Waals surface area contributed by atoms with Crippen molar-refractivity contribution in [3.63, 3.8) is 0 Å². The Bertz CT molecular complexity index is 795. The highest BCUT2D eigenvalue weighted by atomic mass is 16.5. The second kappa shape index (κ2) is 7.05. The van der Waals surface area contributed by atoms with Crippen LogP contribution in [0.15, 0.2) is 30.3 Å². The highest BCUT2D eigenvalue weighted by Crippen LogP contribution is 2.46. The van der Waals surface area contributed by atoms with Gasteiger partial charge in [-0.3, -0.25) is 0 Å². The molecule has 0 aromatic heterocycles. The third-order valence-corrected chi connectivity index (χ3v) is 4.04. The maximum absolute atomic E-state index is 11.9. The van der Waals surface area contributed by atoms with Crippen molar-refractivity contribution in [2.45, 2.75) is 20.5 Å². The monoisotopic (exact) mass is 341 g/mol. The van der Waals surface area contributed by atoms with Gasteiger partial charge < -0.3 is 18.9 Å². The van der Waals surface area contributed by atoms with E-state index in [2.05, 4.69) is 0 Å². The van der Waals surface area contributed by atoms with Gasteiger partial charge in [-0.15, -0.1) is 0 Å². The van der Waals surface area contributed by atoms with Crippen molar-refractivity contribution in [2.75, 3.05) is 20.8 Å². The van der Waals surface area contributed by atoms with Crippen LogP contribution in [0.25, 0.3) is 11.1 Å². The number of rotatable bonds is 6. The number of carbonyl (C=O) groups is 1. The molecule has 1 heterocycles. The fraction of sp³-hybridized carbons (Fsp3) is 0.300. The van der Waals surface area contributed by atoms with Crippen LogP contribution in [0, 0.1) is 5.92 Å². The maximum Gasteiger partial charge on any atom is 0.338 e. The molecule has 0 bridgehead atoms. The van der Waals surface area contributed by atoms with Crippen molar-refractivity contribution in [3.05, 3.63) is 47.4 Å². The molecule has 25 heavy (non-hydrogen) atoms. The van der Waals surface area contributed by atoms with Crippen molar-refractivity contribution >= 4 is 5.97 Å². The Morgan fingerprint density at radius 1 is 1.00 bits per heavy atom. The van der Waals surface area contributed by atoms with Gasteiger partial charge in [-0.05, 0) is 23.8 Å². The summed E-state index contributed by atoms with van der Waals surface area (Å²) in [6.45, 7) is 4.72. The molecule has 0 spiro atoms. The summed E-state index contributed by atoms with van der Waals surface area (Å²) < 4.78 is 22.2. The highest BCUT2D eigenvalue weighted by Gasteiger charge is 2.27. The van der Waals surface area contributed by atoms with Crippen molar-refractivity contribution in [1.82, 2.24) is 0 Å². The van der Waals surface area contributed by atoms with Crippen LogP contribution in [0.5, 0.6) is 17.2 Å². The van der Waals surface area contributed by atoms with Gasteiger partial charge in [-0.2, -0.15) is 0 Å². The Labute approximate surface area is 147 Å². The minimum Gasteiger partial charge on any atom is -0.493 e. The molecule has 5 heteroatoms. The van der Waals surface area contributed by atoms with Gasteiger partial charge in [-0.25, -0.2) is 4.79 Å². The normalized spacial score (nSPS) is 12.8. The lowest BCUT2D eigenvalue weighted by Gasteiger charge is -2.19. The number of esters is 1. The van der Waals surface area contributed by atoms with Gasteiger partial charge in [-0.1, -0.05) is 26.0 Å². The number of hydrogen-bond acceptors (Lipinski definition) is 5. The lowest BCUT2D eigenvalue weighted by atomic mass is 9.95. The molecule has 0 unspecified atom stereocenters. The van der Waals surface area contributed by atoms with Crippen LogP contribution in [-0.2, 0) is 11.3 Å². The first-order valence-electron chi connectivity index (χ1n) is 8.03. The molecule has 2 aromatic carbocycles. The summed E-state index contributed by atoms with van der Waals surface area (Å²) in [5, 5.41) is 0. The molecule has 1 radical (unpaired) electrons. The van der Waals surface area contributed by atoms with Gasteiger partial charge in [0.15, 0.2) is 11.5 Å². The number of cyclic esters (lactones) is 1. The third-order valence-electron chi connectivity index (χ3n) is 4.04. The molecule has 0 fully saturated rings. The fourth-order valence-corrected chi connectivity index (χ4v) is 2.87. The Morgan fingerprint density at radius 3 is 2.44 bits per heavy atom. The second-order valence-corrected chi connectivity index (χ2v) is 6.08. The van der Waals surface area contributed by atoms with Crippen LogP contribution in [0.4, 0.5) is 0 Å². The molecule has 1 aliphatic heterocycles. The average molecular weight is 341 g/mol. The van der Waals surface area contributed by atoms with E-state index in [4.69, 9.17) is 18.9 Å². The topological polar surface area (TPSA) is 54.0 Å². The van der Waals surface area contributed by atoms with Crippen molar-refractivity contribution < 1.29 is 23.7 Å². The summed E-state index contributed by atoms with van der Waals surface area (Å²) in [5.41, 5.74) is 3.19. The quantitative estimate of drug-likeness (QED) is 0.743. The van der Waals surface area contributed by atoms with Crippen molar-refractivity contribution in [1.29, 1.82) is 0 Å². The lowest BCUT2D eigenvalue weighted by molar-refractivity contribution is 0.0535. The molecule has 0 N–H and O–H groups in total. The second-order valence-electron chi connectivity index (χ2n) is 6.08. The van der Waals surface area contributed by atoms with E-state index in [-0.39, 0.29) is 12.6 Å². The first kappa shape index (κ1) is 17.1. The smallest absolute Gasteiger partial charge is 0.338 e. The SMILES string of the molecule is COc1ccc(-c2cccc3c2COC3=O)c(OC[C](C)C)c1OC. The van der Waals surface area contributed by atoms with Gasteiger partial charge in [0.2, 0.25) is 5.75 Å². The molecular weight excluding hydrogens is 320 g/mol. The molecule has 0 atom stereocenters. The lowest BCUT2D eigenvalue weighted by Crippen LogP contribution is -2.06. The van der Waals surface area contributed by atoms with Crippen molar-refractivity contribution in [3.8, 4) is 28.4 Å². The van der Waals surface area contributed by atoms with E-state index < -0.39 is 0 Å². The van der Waals surface area contributed by atoms with Gasteiger partial charge >= 0.3 is 5.97 Å². The van der Waals surface area contributed by atoms with E-state index in [0.29, 0.717) is 29.4 Å². The van der Waals surface area contributed by atoms with Crippen LogP contribution in [0.2, 0.25) is 0 Å². The number of fused-ring (bicyclic) bond motifs is 1. The predicted molar refractivity (Wildman–Crippen MR) is 94.2 cm³/mol. The Morgan fingerprint density at radius 2 is 1.76 bits per heavy atom. The maximum atomic E-state index is 11.9. The van der Waals surface area contributed by atoms with E-state index in [1.807, 2.05) is 38.1 Å². The Balaban J connectivity index is 2.18. The summed E-state index contributed by atoms with van der Waals surface area (Å²) >= 11 is 0. The molecule has 3 rings (SSSR count). The van der Waals surface area contributed by atoms with Crippen LogP contribution in [0.1, 0.15) is 29.8 Å². The summed E-state index contributed by atoms with van der Waals surface area (Å²) in [4.78, 5) is 11.9. The molecular formula is C20H21O5. The summed E-state index contributed by atoms with van der Waals surface area (Å²) in [6, 6.07) is 9.33. The minimum atomic E-state index is -0.294. The largest absolute Gasteiger partial charge is 0.493 e. The first-order chi connectivity index (χ1) is 12.1. The first-order valence-corrected chi connectivity index (χ1v) is 8.03. The number of benzene rings is 2. The molecule has 0 saturated carbocycles. The number of carbonyl (C=O) groups excluding carboxylic acids is 1. The minimum absolute atomic E-state index is 0.261. The third kappa shape index (κ3) is 3.14. The van der Waals surface area contributed by atoms with Gasteiger partial charge in [0.05, 0.1) is 26.4 Å². The van der Waals surface area contributed by atoms with E-state index in [9.17, 15) is 4.79 Å². The van der Waals surface area contributed by atoms with Crippen LogP contribution >= 0.6 is 0 Å². The van der Waals surface area contributed by atoms with Crippen molar-refractivity contribution in [2.24, 2.45) is 0 Å². The molecule has 0 amide bonds. The van der Waals surface area contributed by atoms with Crippen LogP contribution < -0.4 is 14.2 Å². The summed E-state index contributed by atoms with van der Waals surface area (Å²) in [7, 11) is 3.17.